The van der Waals surface area contributed by atoms with Crippen LogP contribution in [0.5, 0.6) is 0 Å². The highest BCUT2D eigenvalue weighted by molar-refractivity contribution is 5.81. The number of anilines is 1. The van der Waals surface area contributed by atoms with E-state index in [0.717, 1.165) is 11.5 Å². The summed E-state index contributed by atoms with van der Waals surface area (Å²) in [6, 6.07) is 1.92. The van der Waals surface area contributed by atoms with Gasteiger partial charge < -0.3 is 15.8 Å². The summed E-state index contributed by atoms with van der Waals surface area (Å²) < 4.78 is 5.32. The number of aromatic nitrogens is 2. The third kappa shape index (κ3) is 3.25. The second-order valence-corrected chi connectivity index (χ2v) is 5.59. The highest BCUT2D eigenvalue weighted by atomic mass is 16.5. The molecular weight excluding hydrogens is 256 g/mol. The minimum atomic E-state index is -0.540. The standard InChI is InChI=1S/C14H22N4O2/c1-10(2)11-7-12(18-9-17-11)16-8-14(13(15)19)3-5-20-6-4-14/h7,9-10H,3-6,8H2,1-2H3,(H2,15,19)(H,16,17,18). The lowest BCUT2D eigenvalue weighted by Gasteiger charge is -2.34. The smallest absolute Gasteiger partial charge is 0.225 e. The van der Waals surface area contributed by atoms with Crippen molar-refractivity contribution in [2.24, 2.45) is 11.1 Å². The average Bonchev–Trinajstić information content (AvgIpc) is 2.46. The lowest BCUT2D eigenvalue weighted by atomic mass is 9.79. The van der Waals surface area contributed by atoms with Crippen molar-refractivity contribution in [2.45, 2.75) is 32.6 Å². The molecule has 0 aliphatic carbocycles. The highest BCUT2D eigenvalue weighted by Crippen LogP contribution is 2.30. The number of hydrogen-bond donors (Lipinski definition) is 2. The number of ether oxygens (including phenoxy) is 1. The zero-order chi connectivity index (χ0) is 14.6. The first kappa shape index (κ1) is 14.7. The van der Waals surface area contributed by atoms with Crippen molar-refractivity contribution in [3.8, 4) is 0 Å². The number of nitrogens with zero attached hydrogens (tertiary/aromatic N) is 2. The van der Waals surface area contributed by atoms with Gasteiger partial charge in [-0.1, -0.05) is 13.8 Å². The van der Waals surface area contributed by atoms with E-state index in [2.05, 4.69) is 29.1 Å². The van der Waals surface area contributed by atoms with E-state index in [9.17, 15) is 4.79 Å². The molecule has 3 N–H and O–H groups in total. The maximum Gasteiger partial charge on any atom is 0.225 e. The summed E-state index contributed by atoms with van der Waals surface area (Å²) in [7, 11) is 0. The molecule has 0 saturated carbocycles. The molecular formula is C14H22N4O2. The molecule has 0 bridgehead atoms. The Labute approximate surface area is 119 Å². The van der Waals surface area contributed by atoms with Crippen LogP contribution in [-0.4, -0.2) is 35.6 Å². The van der Waals surface area contributed by atoms with Gasteiger partial charge in [-0.25, -0.2) is 9.97 Å². The van der Waals surface area contributed by atoms with Crippen LogP contribution in [0, 0.1) is 5.41 Å². The van der Waals surface area contributed by atoms with Crippen LogP contribution in [0.15, 0.2) is 12.4 Å². The molecule has 0 radical (unpaired) electrons. The van der Waals surface area contributed by atoms with Crippen molar-refractivity contribution in [3.63, 3.8) is 0 Å². The number of hydrogen-bond acceptors (Lipinski definition) is 5. The minimum Gasteiger partial charge on any atom is -0.381 e. The molecule has 1 amide bonds. The van der Waals surface area contributed by atoms with Crippen LogP contribution < -0.4 is 11.1 Å². The van der Waals surface area contributed by atoms with E-state index >= 15 is 0 Å². The molecule has 0 unspecified atom stereocenters. The molecule has 1 aromatic heterocycles. The number of primary amides is 1. The first-order valence-corrected chi connectivity index (χ1v) is 6.97. The predicted molar refractivity (Wildman–Crippen MR) is 76.3 cm³/mol. The zero-order valence-corrected chi connectivity index (χ0v) is 12.1. The van der Waals surface area contributed by atoms with Crippen LogP contribution >= 0.6 is 0 Å². The number of carbonyl (C=O) groups excluding carboxylic acids is 1. The molecule has 1 saturated heterocycles. The Morgan fingerprint density at radius 2 is 2.15 bits per heavy atom. The van der Waals surface area contributed by atoms with E-state index in [1.54, 1.807) is 6.33 Å². The first-order chi connectivity index (χ1) is 9.53. The van der Waals surface area contributed by atoms with Crippen LogP contribution in [0.1, 0.15) is 38.3 Å². The van der Waals surface area contributed by atoms with Crippen molar-refractivity contribution in [1.29, 1.82) is 0 Å². The maximum absolute atomic E-state index is 11.8. The molecule has 0 atom stereocenters. The molecule has 1 aliphatic rings. The largest absolute Gasteiger partial charge is 0.381 e. The average molecular weight is 278 g/mol. The van der Waals surface area contributed by atoms with Crippen molar-refractivity contribution >= 4 is 11.7 Å². The van der Waals surface area contributed by atoms with Crippen molar-refractivity contribution in [3.05, 3.63) is 18.1 Å². The van der Waals surface area contributed by atoms with Crippen LogP contribution in [0.3, 0.4) is 0 Å². The second-order valence-electron chi connectivity index (χ2n) is 5.59. The SMILES string of the molecule is CC(C)c1cc(NCC2(C(N)=O)CCOCC2)ncn1. The van der Waals surface area contributed by atoms with Crippen molar-refractivity contribution in [2.75, 3.05) is 25.1 Å². The number of nitrogens with one attached hydrogen (secondary N) is 1. The van der Waals surface area contributed by atoms with Gasteiger partial charge in [0.1, 0.15) is 12.1 Å². The molecule has 2 heterocycles. The van der Waals surface area contributed by atoms with Crippen LogP contribution in [0.2, 0.25) is 0 Å². The topological polar surface area (TPSA) is 90.1 Å². The zero-order valence-electron chi connectivity index (χ0n) is 12.1. The molecule has 6 heteroatoms. The molecule has 20 heavy (non-hydrogen) atoms. The van der Waals surface area contributed by atoms with E-state index in [1.807, 2.05) is 6.07 Å². The van der Waals surface area contributed by atoms with Gasteiger partial charge in [0.25, 0.3) is 0 Å². The number of rotatable bonds is 5. The Balaban J connectivity index is 2.06. The van der Waals surface area contributed by atoms with Gasteiger partial charge in [-0.15, -0.1) is 0 Å². The first-order valence-electron chi connectivity index (χ1n) is 6.97. The normalized spacial score (nSPS) is 17.9. The van der Waals surface area contributed by atoms with Crippen molar-refractivity contribution < 1.29 is 9.53 Å². The molecule has 1 aromatic rings. The lowest BCUT2D eigenvalue weighted by Crippen LogP contribution is -2.46. The fraction of sp³-hybridized carbons (Fsp3) is 0.643. The highest BCUT2D eigenvalue weighted by Gasteiger charge is 2.38. The molecule has 1 aliphatic heterocycles. The van der Waals surface area contributed by atoms with Gasteiger partial charge >= 0.3 is 0 Å². The van der Waals surface area contributed by atoms with Crippen LogP contribution in [0.4, 0.5) is 5.82 Å². The summed E-state index contributed by atoms with van der Waals surface area (Å²) in [5, 5.41) is 3.22. The molecule has 0 spiro atoms. The minimum absolute atomic E-state index is 0.272. The molecule has 6 nitrogen and oxygen atoms in total. The van der Waals surface area contributed by atoms with E-state index in [4.69, 9.17) is 10.5 Å². The Kier molecular flexibility index (Phi) is 4.54. The van der Waals surface area contributed by atoms with Crippen LogP contribution in [-0.2, 0) is 9.53 Å². The molecule has 0 aromatic carbocycles. The van der Waals surface area contributed by atoms with E-state index in [-0.39, 0.29) is 5.91 Å². The summed E-state index contributed by atoms with van der Waals surface area (Å²) >= 11 is 0. The fourth-order valence-electron chi connectivity index (χ4n) is 2.32. The molecule has 110 valence electrons. The Bertz CT molecular complexity index is 470. The second kappa shape index (κ2) is 6.17. The third-order valence-electron chi connectivity index (χ3n) is 3.86. The fourth-order valence-corrected chi connectivity index (χ4v) is 2.32. The van der Waals surface area contributed by atoms with Crippen LogP contribution in [0.25, 0.3) is 0 Å². The monoisotopic (exact) mass is 278 g/mol. The van der Waals surface area contributed by atoms with Gasteiger partial charge in [-0.3, -0.25) is 4.79 Å². The van der Waals surface area contributed by atoms with Gasteiger partial charge in [-0.2, -0.15) is 0 Å². The summed E-state index contributed by atoms with van der Waals surface area (Å²) in [5.74, 6) is 0.800. The Morgan fingerprint density at radius 3 is 2.75 bits per heavy atom. The van der Waals surface area contributed by atoms with E-state index < -0.39 is 5.41 Å². The van der Waals surface area contributed by atoms with Gasteiger partial charge in [0.15, 0.2) is 0 Å². The van der Waals surface area contributed by atoms with E-state index in [0.29, 0.717) is 38.5 Å². The molecule has 2 rings (SSSR count). The summed E-state index contributed by atoms with van der Waals surface area (Å²) in [6.07, 6.45) is 2.84. The molecule has 1 fully saturated rings. The van der Waals surface area contributed by atoms with Gasteiger partial charge in [-0.05, 0) is 18.8 Å². The van der Waals surface area contributed by atoms with Gasteiger partial charge in [0, 0.05) is 31.5 Å². The Hall–Kier alpha value is -1.69. The van der Waals surface area contributed by atoms with Crippen molar-refractivity contribution in [1.82, 2.24) is 9.97 Å². The predicted octanol–water partition coefficient (Wildman–Crippen LogP) is 1.29. The summed E-state index contributed by atoms with van der Waals surface area (Å²) in [5.41, 5.74) is 6.01. The summed E-state index contributed by atoms with van der Waals surface area (Å²) in [4.78, 5) is 20.2. The lowest BCUT2D eigenvalue weighted by molar-refractivity contribution is -0.132. The number of carbonyl (C=O) groups is 1. The third-order valence-corrected chi connectivity index (χ3v) is 3.86. The van der Waals surface area contributed by atoms with E-state index in [1.165, 1.54) is 0 Å². The van der Waals surface area contributed by atoms with Gasteiger partial charge in [0.05, 0.1) is 5.41 Å². The maximum atomic E-state index is 11.8. The number of nitrogens with two attached hydrogens (primary N) is 1. The number of amides is 1. The Morgan fingerprint density at radius 1 is 1.45 bits per heavy atom. The quantitative estimate of drug-likeness (QED) is 0.847. The van der Waals surface area contributed by atoms with Gasteiger partial charge in [0.2, 0.25) is 5.91 Å². The summed E-state index contributed by atoms with van der Waals surface area (Å²) in [6.45, 7) is 5.79.